The van der Waals surface area contributed by atoms with Crippen molar-refractivity contribution in [2.45, 2.75) is 45.5 Å². The van der Waals surface area contributed by atoms with E-state index in [0.717, 1.165) is 11.0 Å². The highest BCUT2D eigenvalue weighted by Gasteiger charge is 2.52. The average Bonchev–Trinajstić information content (AvgIpc) is 2.55. The molecule has 20 heavy (non-hydrogen) atoms. The van der Waals surface area contributed by atoms with Crippen molar-refractivity contribution in [3.8, 4) is 0 Å². The van der Waals surface area contributed by atoms with Gasteiger partial charge in [-0.1, -0.05) is 23.7 Å². The van der Waals surface area contributed by atoms with Crippen LogP contribution >= 0.6 is 11.6 Å². The molecule has 1 saturated heterocycles. The molecule has 1 heterocycles. The van der Waals surface area contributed by atoms with Crippen LogP contribution in [0.15, 0.2) is 18.2 Å². The minimum atomic E-state index is -0.492. The smallest absolute Gasteiger partial charge is 0.463 e. The summed E-state index contributed by atoms with van der Waals surface area (Å²) in [6, 6.07) is 5.44. The summed E-state index contributed by atoms with van der Waals surface area (Å²) in [4.78, 5) is 10.2. The number of hydrogen-bond acceptors (Lipinski definition) is 4. The lowest BCUT2D eigenvalue weighted by molar-refractivity contribution is -0.129. The SMILES string of the molecule is CC1(C)OB(c2ccc(COC=O)cc2Cl)OC1(C)C. The first-order valence-corrected chi connectivity index (χ1v) is 6.84. The van der Waals surface area contributed by atoms with E-state index in [2.05, 4.69) is 0 Å². The van der Waals surface area contributed by atoms with Gasteiger partial charge in [-0.15, -0.1) is 0 Å². The molecule has 6 heteroatoms. The number of rotatable bonds is 4. The molecule has 0 saturated carbocycles. The predicted octanol–water partition coefficient (Wildman–Crippen LogP) is 2.31. The summed E-state index contributed by atoms with van der Waals surface area (Å²) in [6.45, 7) is 8.59. The van der Waals surface area contributed by atoms with Gasteiger partial charge in [0.2, 0.25) is 0 Å². The summed E-state index contributed by atoms with van der Waals surface area (Å²) in [5, 5.41) is 0.537. The second kappa shape index (κ2) is 5.39. The van der Waals surface area contributed by atoms with Gasteiger partial charge >= 0.3 is 7.12 Å². The van der Waals surface area contributed by atoms with Crippen LogP contribution in [0.4, 0.5) is 0 Å². The molecule has 0 spiro atoms. The summed E-state index contributed by atoms with van der Waals surface area (Å²) in [5.74, 6) is 0. The van der Waals surface area contributed by atoms with E-state index >= 15 is 0 Å². The molecule has 108 valence electrons. The number of carbonyl (C=O) groups excluding carboxylic acids is 1. The number of ether oxygens (including phenoxy) is 1. The van der Waals surface area contributed by atoms with Crippen molar-refractivity contribution in [3.05, 3.63) is 28.8 Å². The Morgan fingerprint density at radius 3 is 2.35 bits per heavy atom. The van der Waals surface area contributed by atoms with Gasteiger partial charge < -0.3 is 14.0 Å². The fourth-order valence-electron chi connectivity index (χ4n) is 1.95. The maximum Gasteiger partial charge on any atom is 0.496 e. The Hall–Kier alpha value is -1.04. The molecule has 4 nitrogen and oxygen atoms in total. The standard InChI is InChI=1S/C14H18BClO4/c1-13(2)14(3,4)20-15(19-13)11-6-5-10(7-12(11)16)8-18-9-17/h5-7,9H,8H2,1-4H3. The first-order chi connectivity index (χ1) is 9.27. The molecule has 0 atom stereocenters. The van der Waals surface area contributed by atoms with Crippen LogP contribution in [-0.2, 0) is 25.4 Å². The normalized spacial score (nSPS) is 19.9. The van der Waals surface area contributed by atoms with E-state index in [0.29, 0.717) is 11.5 Å². The number of carbonyl (C=O) groups is 1. The molecule has 2 rings (SSSR count). The van der Waals surface area contributed by atoms with Crippen molar-refractivity contribution in [2.24, 2.45) is 0 Å². The molecular weight excluding hydrogens is 278 g/mol. The molecule has 0 radical (unpaired) electrons. The molecule has 1 aromatic carbocycles. The Kier molecular flexibility index (Phi) is 4.14. The Balaban J connectivity index is 2.21. The van der Waals surface area contributed by atoms with Gasteiger partial charge in [-0.25, -0.2) is 0 Å². The monoisotopic (exact) mass is 296 g/mol. The van der Waals surface area contributed by atoms with Gasteiger partial charge in [0.25, 0.3) is 6.47 Å². The van der Waals surface area contributed by atoms with Crippen LogP contribution in [0.5, 0.6) is 0 Å². The minimum Gasteiger partial charge on any atom is -0.463 e. The first kappa shape index (κ1) is 15.4. The summed E-state index contributed by atoms with van der Waals surface area (Å²) in [5.41, 5.74) is 0.795. The summed E-state index contributed by atoms with van der Waals surface area (Å²) in [7, 11) is -0.492. The topological polar surface area (TPSA) is 44.8 Å². The lowest BCUT2D eigenvalue weighted by Crippen LogP contribution is -2.41. The van der Waals surface area contributed by atoms with E-state index in [-0.39, 0.29) is 6.61 Å². The van der Waals surface area contributed by atoms with Crippen LogP contribution in [-0.4, -0.2) is 24.8 Å². The molecule has 1 aromatic rings. The van der Waals surface area contributed by atoms with Crippen molar-refractivity contribution in [3.63, 3.8) is 0 Å². The van der Waals surface area contributed by atoms with Crippen molar-refractivity contribution < 1.29 is 18.8 Å². The summed E-state index contributed by atoms with van der Waals surface area (Å²) >= 11 is 6.27. The Bertz CT molecular complexity index is 500. The van der Waals surface area contributed by atoms with Crippen molar-refractivity contribution in [1.82, 2.24) is 0 Å². The highest BCUT2D eigenvalue weighted by atomic mass is 35.5. The minimum absolute atomic E-state index is 0.201. The quantitative estimate of drug-likeness (QED) is 0.632. The van der Waals surface area contributed by atoms with Crippen LogP contribution in [0.2, 0.25) is 5.02 Å². The molecule has 0 aromatic heterocycles. The molecule has 1 aliphatic rings. The van der Waals surface area contributed by atoms with Crippen molar-refractivity contribution in [1.29, 1.82) is 0 Å². The third-order valence-corrected chi connectivity index (χ3v) is 4.22. The second-order valence-electron chi connectivity index (χ2n) is 5.85. The molecule has 1 aliphatic heterocycles. The van der Waals surface area contributed by atoms with Gasteiger partial charge in [0, 0.05) is 10.5 Å². The van der Waals surface area contributed by atoms with Crippen LogP contribution in [0.25, 0.3) is 0 Å². The summed E-state index contributed by atoms with van der Waals surface area (Å²) < 4.78 is 16.6. The number of benzene rings is 1. The van der Waals surface area contributed by atoms with E-state index in [1.165, 1.54) is 0 Å². The molecule has 0 unspecified atom stereocenters. The Morgan fingerprint density at radius 1 is 1.25 bits per heavy atom. The Labute approximate surface area is 124 Å². The zero-order valence-corrected chi connectivity index (χ0v) is 12.9. The van der Waals surface area contributed by atoms with E-state index < -0.39 is 18.3 Å². The van der Waals surface area contributed by atoms with Crippen molar-refractivity contribution >= 4 is 30.7 Å². The van der Waals surface area contributed by atoms with Gasteiger partial charge in [0.05, 0.1) is 11.2 Å². The summed E-state index contributed by atoms with van der Waals surface area (Å²) in [6.07, 6.45) is 0. The molecule has 0 amide bonds. The van der Waals surface area contributed by atoms with Crippen LogP contribution in [0.3, 0.4) is 0 Å². The van der Waals surface area contributed by atoms with E-state index in [9.17, 15) is 4.79 Å². The maximum atomic E-state index is 10.2. The fourth-order valence-corrected chi connectivity index (χ4v) is 2.24. The van der Waals surface area contributed by atoms with Gasteiger partial charge in [-0.2, -0.15) is 0 Å². The van der Waals surface area contributed by atoms with Gasteiger partial charge in [-0.3, -0.25) is 4.79 Å². The van der Waals surface area contributed by atoms with Gasteiger partial charge in [-0.05, 0) is 39.3 Å². The maximum absolute atomic E-state index is 10.2. The lowest BCUT2D eigenvalue weighted by Gasteiger charge is -2.32. The van der Waals surface area contributed by atoms with Crippen LogP contribution in [0.1, 0.15) is 33.3 Å². The van der Waals surface area contributed by atoms with E-state index in [1.54, 1.807) is 6.07 Å². The lowest BCUT2D eigenvalue weighted by atomic mass is 9.78. The van der Waals surface area contributed by atoms with Crippen molar-refractivity contribution in [2.75, 3.05) is 0 Å². The van der Waals surface area contributed by atoms with Crippen LogP contribution in [0, 0.1) is 0 Å². The van der Waals surface area contributed by atoms with Gasteiger partial charge in [0.1, 0.15) is 6.61 Å². The fraction of sp³-hybridized carbons (Fsp3) is 0.500. The predicted molar refractivity (Wildman–Crippen MR) is 78.0 cm³/mol. The molecular formula is C14H18BClO4. The molecule has 0 N–H and O–H groups in total. The van der Waals surface area contributed by atoms with E-state index in [4.69, 9.17) is 25.6 Å². The molecule has 1 fully saturated rings. The second-order valence-corrected chi connectivity index (χ2v) is 6.26. The largest absolute Gasteiger partial charge is 0.496 e. The highest BCUT2D eigenvalue weighted by Crippen LogP contribution is 2.37. The zero-order chi connectivity index (χ0) is 15.0. The van der Waals surface area contributed by atoms with E-state index in [1.807, 2.05) is 39.8 Å². The number of hydrogen-bond donors (Lipinski definition) is 0. The Morgan fingerprint density at radius 2 is 1.85 bits per heavy atom. The highest BCUT2D eigenvalue weighted by molar-refractivity contribution is 6.65. The van der Waals surface area contributed by atoms with Gasteiger partial charge in [0.15, 0.2) is 0 Å². The average molecular weight is 297 g/mol. The first-order valence-electron chi connectivity index (χ1n) is 6.46. The molecule has 0 aliphatic carbocycles. The number of halogens is 1. The zero-order valence-electron chi connectivity index (χ0n) is 12.1. The third kappa shape index (κ3) is 2.85. The molecule has 0 bridgehead atoms. The third-order valence-electron chi connectivity index (χ3n) is 3.89. The van der Waals surface area contributed by atoms with Crippen LogP contribution < -0.4 is 5.46 Å².